The third-order valence-corrected chi connectivity index (χ3v) is 5.38. The van der Waals surface area contributed by atoms with Gasteiger partial charge in [0, 0.05) is 12.1 Å². The summed E-state index contributed by atoms with van der Waals surface area (Å²) < 4.78 is 27.4. The fourth-order valence-electron chi connectivity index (χ4n) is 2.82. The van der Waals surface area contributed by atoms with Gasteiger partial charge in [-0.15, -0.1) is 0 Å². The summed E-state index contributed by atoms with van der Waals surface area (Å²) in [5, 5.41) is 19.2. The molecule has 7 heteroatoms. The van der Waals surface area contributed by atoms with Crippen LogP contribution in [0.4, 0.5) is 0 Å². The molecule has 0 radical (unpaired) electrons. The van der Waals surface area contributed by atoms with Crippen LogP contribution >= 0.6 is 0 Å². The van der Waals surface area contributed by atoms with E-state index in [2.05, 4.69) is 4.72 Å². The van der Waals surface area contributed by atoms with Gasteiger partial charge in [-0.3, -0.25) is 0 Å². The monoisotopic (exact) mass is 369 g/mol. The molecule has 0 aliphatic heterocycles. The number of rotatable bonds is 8. The maximum atomic E-state index is 12.5. The van der Waals surface area contributed by atoms with E-state index in [1.165, 1.54) is 6.08 Å². The van der Waals surface area contributed by atoms with Crippen molar-refractivity contribution in [2.24, 2.45) is 5.92 Å². The number of aliphatic carboxylic acids is 1. The highest BCUT2D eigenvalue weighted by atomic mass is 32.2. The van der Waals surface area contributed by atoms with Gasteiger partial charge in [-0.25, -0.2) is 17.9 Å². The number of aliphatic hydroxyl groups excluding tert-OH is 1. The molecule has 0 saturated carbocycles. The van der Waals surface area contributed by atoms with Crippen molar-refractivity contribution in [2.75, 3.05) is 6.54 Å². The molecule has 1 aromatic carbocycles. The maximum Gasteiger partial charge on any atom is 0.331 e. The van der Waals surface area contributed by atoms with Crippen molar-refractivity contribution in [2.45, 2.75) is 52.0 Å². The normalized spacial score (nSPS) is 14.0. The van der Waals surface area contributed by atoms with E-state index in [1.54, 1.807) is 26.0 Å². The number of aryl methyl sites for hydroxylation is 3. The topological polar surface area (TPSA) is 104 Å². The number of benzene rings is 1. The predicted molar refractivity (Wildman–Crippen MR) is 97.0 cm³/mol. The van der Waals surface area contributed by atoms with Gasteiger partial charge in [0.15, 0.2) is 0 Å². The van der Waals surface area contributed by atoms with Gasteiger partial charge in [0.25, 0.3) is 0 Å². The molecule has 0 fully saturated rings. The summed E-state index contributed by atoms with van der Waals surface area (Å²) in [5.41, 5.74) is 2.29. The molecule has 25 heavy (non-hydrogen) atoms. The van der Waals surface area contributed by atoms with Gasteiger partial charge in [-0.05, 0) is 50.3 Å². The van der Waals surface area contributed by atoms with Gasteiger partial charge >= 0.3 is 5.97 Å². The smallest absolute Gasteiger partial charge is 0.331 e. The highest BCUT2D eigenvalue weighted by Gasteiger charge is 2.21. The van der Waals surface area contributed by atoms with E-state index in [1.807, 2.05) is 20.8 Å². The SMILES string of the molecule is Cc1cc(C)c(S(=O)(=O)NC[C@H](O)C=C(CC(C)C)C(=O)O)c(C)c1. The van der Waals surface area contributed by atoms with E-state index in [4.69, 9.17) is 5.11 Å². The van der Waals surface area contributed by atoms with Crippen LogP contribution in [0.3, 0.4) is 0 Å². The number of carbonyl (C=O) groups is 1. The van der Waals surface area contributed by atoms with E-state index in [9.17, 15) is 18.3 Å². The van der Waals surface area contributed by atoms with Crippen molar-refractivity contribution in [3.05, 3.63) is 40.5 Å². The number of nitrogens with one attached hydrogen (secondary N) is 1. The summed E-state index contributed by atoms with van der Waals surface area (Å²) in [5.74, 6) is -0.995. The first-order chi connectivity index (χ1) is 11.4. The van der Waals surface area contributed by atoms with Crippen LogP contribution in [0, 0.1) is 26.7 Å². The average molecular weight is 369 g/mol. The van der Waals surface area contributed by atoms with Crippen LogP contribution in [-0.4, -0.2) is 37.2 Å². The fraction of sp³-hybridized carbons (Fsp3) is 0.500. The van der Waals surface area contributed by atoms with Crippen LogP contribution in [0.15, 0.2) is 28.7 Å². The molecule has 1 rings (SSSR count). The van der Waals surface area contributed by atoms with Crippen molar-refractivity contribution in [1.29, 1.82) is 0 Å². The van der Waals surface area contributed by atoms with Gasteiger partial charge in [0.2, 0.25) is 10.0 Å². The summed E-state index contributed by atoms with van der Waals surface area (Å²) in [6.07, 6.45) is 0.278. The predicted octanol–water partition coefficient (Wildman–Crippen LogP) is 2.31. The fourth-order valence-corrected chi connectivity index (χ4v) is 4.32. The molecule has 0 aliphatic carbocycles. The number of aliphatic hydroxyl groups is 1. The third kappa shape index (κ3) is 6.26. The molecule has 140 valence electrons. The van der Waals surface area contributed by atoms with Crippen LogP contribution in [0.1, 0.15) is 37.0 Å². The molecular formula is C18H27NO5S. The Morgan fingerprint density at radius 2 is 1.72 bits per heavy atom. The Kier molecular flexibility index (Phi) is 7.34. The third-order valence-electron chi connectivity index (χ3n) is 3.65. The lowest BCUT2D eigenvalue weighted by molar-refractivity contribution is -0.133. The first-order valence-corrected chi connectivity index (χ1v) is 9.62. The molecule has 0 aliphatic rings. The molecule has 0 bridgehead atoms. The van der Waals surface area contributed by atoms with E-state index in [-0.39, 0.29) is 22.9 Å². The van der Waals surface area contributed by atoms with Crippen LogP contribution in [-0.2, 0) is 14.8 Å². The Morgan fingerprint density at radius 3 is 2.16 bits per heavy atom. The lowest BCUT2D eigenvalue weighted by atomic mass is 10.0. The molecule has 3 N–H and O–H groups in total. The largest absolute Gasteiger partial charge is 0.478 e. The minimum absolute atomic E-state index is 0.0735. The summed E-state index contributed by atoms with van der Waals surface area (Å²) >= 11 is 0. The van der Waals surface area contributed by atoms with Crippen molar-refractivity contribution >= 4 is 16.0 Å². The molecule has 0 unspecified atom stereocenters. The summed E-state index contributed by atoms with van der Waals surface area (Å²) in [4.78, 5) is 11.4. The van der Waals surface area contributed by atoms with Crippen molar-refractivity contribution < 1.29 is 23.4 Å². The van der Waals surface area contributed by atoms with Gasteiger partial charge in [-0.1, -0.05) is 31.5 Å². The number of hydrogen-bond acceptors (Lipinski definition) is 4. The number of carboxylic acids is 1. The first kappa shape index (κ1) is 21.3. The summed E-state index contributed by atoms with van der Waals surface area (Å²) in [7, 11) is -3.80. The number of hydrogen-bond donors (Lipinski definition) is 3. The van der Waals surface area contributed by atoms with Crippen molar-refractivity contribution in [3.8, 4) is 0 Å². The second-order valence-corrected chi connectivity index (χ2v) is 8.45. The van der Waals surface area contributed by atoms with Crippen molar-refractivity contribution in [3.63, 3.8) is 0 Å². The molecule has 0 spiro atoms. The van der Waals surface area contributed by atoms with E-state index in [0.717, 1.165) is 5.56 Å². The zero-order chi connectivity index (χ0) is 19.4. The van der Waals surface area contributed by atoms with Crippen LogP contribution in [0.2, 0.25) is 0 Å². The quantitative estimate of drug-likeness (QED) is 0.610. The molecular weight excluding hydrogens is 342 g/mol. The van der Waals surface area contributed by atoms with Gasteiger partial charge < -0.3 is 10.2 Å². The van der Waals surface area contributed by atoms with Crippen LogP contribution in [0.5, 0.6) is 0 Å². The lowest BCUT2D eigenvalue weighted by Gasteiger charge is -2.15. The average Bonchev–Trinajstić information content (AvgIpc) is 2.42. The highest BCUT2D eigenvalue weighted by Crippen LogP contribution is 2.21. The number of sulfonamides is 1. The second-order valence-electron chi connectivity index (χ2n) is 6.74. The Morgan fingerprint density at radius 1 is 1.20 bits per heavy atom. The van der Waals surface area contributed by atoms with Crippen LogP contribution in [0.25, 0.3) is 0 Å². The zero-order valence-corrected chi connectivity index (χ0v) is 16.1. The summed E-state index contributed by atoms with van der Waals surface area (Å²) in [6, 6.07) is 3.56. The molecule has 0 heterocycles. The Hall–Kier alpha value is -1.70. The van der Waals surface area contributed by atoms with Gasteiger partial charge in [0.05, 0.1) is 11.0 Å². The number of carboxylic acid groups (broad SMARTS) is 1. The highest BCUT2D eigenvalue weighted by molar-refractivity contribution is 7.89. The first-order valence-electron chi connectivity index (χ1n) is 8.13. The molecule has 0 saturated heterocycles. The molecule has 0 amide bonds. The second kappa shape index (κ2) is 8.60. The van der Waals surface area contributed by atoms with Crippen LogP contribution < -0.4 is 4.72 Å². The standard InChI is InChI=1S/C18H27NO5S/c1-11(2)6-15(18(21)22)9-16(20)10-19-25(23,24)17-13(4)7-12(3)8-14(17)5/h7-9,11,16,19-20H,6,10H2,1-5H3,(H,21,22)/t16-/m1/s1. The molecule has 1 aromatic rings. The molecule has 6 nitrogen and oxygen atoms in total. The van der Waals surface area contributed by atoms with E-state index >= 15 is 0 Å². The molecule has 1 atom stereocenters. The summed E-state index contributed by atoms with van der Waals surface area (Å²) in [6.45, 7) is 8.78. The Bertz CT molecular complexity index is 743. The maximum absolute atomic E-state index is 12.5. The Labute approximate surface area is 149 Å². The van der Waals surface area contributed by atoms with Crippen molar-refractivity contribution in [1.82, 2.24) is 4.72 Å². The Balaban J connectivity index is 2.94. The molecule has 0 aromatic heterocycles. The zero-order valence-electron chi connectivity index (χ0n) is 15.3. The van der Waals surface area contributed by atoms with E-state index in [0.29, 0.717) is 17.5 Å². The van der Waals surface area contributed by atoms with Gasteiger partial charge in [0.1, 0.15) is 0 Å². The van der Waals surface area contributed by atoms with E-state index < -0.39 is 22.1 Å². The van der Waals surface area contributed by atoms with Gasteiger partial charge in [-0.2, -0.15) is 0 Å². The minimum atomic E-state index is -3.80. The minimum Gasteiger partial charge on any atom is -0.478 e. The lowest BCUT2D eigenvalue weighted by Crippen LogP contribution is -2.32.